The molecule has 0 saturated heterocycles. The molecule has 0 amide bonds. The van der Waals surface area contributed by atoms with Crippen LogP contribution in [0.3, 0.4) is 0 Å². The minimum atomic E-state index is -0.278. The highest BCUT2D eigenvalue weighted by molar-refractivity contribution is 6.10. The predicted molar refractivity (Wildman–Crippen MR) is 190 cm³/mol. The Hall–Kier alpha value is -6.13. The first kappa shape index (κ1) is 27.4. The van der Waals surface area contributed by atoms with E-state index >= 15 is 0 Å². The number of nitrogens with zero attached hydrogens (tertiary/aromatic N) is 3. The van der Waals surface area contributed by atoms with Crippen molar-refractivity contribution in [1.29, 1.82) is 0 Å². The molecule has 0 aliphatic heterocycles. The molecular weight excluding hydrogens is 565 g/mol. The van der Waals surface area contributed by atoms with Gasteiger partial charge in [0.2, 0.25) is 0 Å². The van der Waals surface area contributed by atoms with E-state index in [1.54, 1.807) is 12.1 Å². The van der Waals surface area contributed by atoms with Gasteiger partial charge in [0.25, 0.3) is 0 Å². The normalized spacial score (nSPS) is 11.2. The maximum Gasteiger partial charge on any atom is 0.125 e. The molecule has 0 aliphatic carbocycles. The van der Waals surface area contributed by atoms with Gasteiger partial charge in [-0.1, -0.05) is 78.9 Å². The van der Waals surface area contributed by atoms with Gasteiger partial charge in [-0.25, -0.2) is 4.39 Å². The molecule has 220 valence electrons. The molecule has 7 aromatic carbocycles. The van der Waals surface area contributed by atoms with E-state index in [0.717, 1.165) is 56.2 Å². The van der Waals surface area contributed by atoms with Crippen LogP contribution in [0.4, 0.5) is 38.5 Å². The Balaban J connectivity index is 1.28. The number of anilines is 6. The van der Waals surface area contributed by atoms with Crippen molar-refractivity contribution in [2.24, 2.45) is 0 Å². The van der Waals surface area contributed by atoms with Gasteiger partial charge in [-0.2, -0.15) is 0 Å². The maximum atomic E-state index is 14.7. The number of rotatable bonds is 7. The molecule has 1 heterocycles. The number of hydrogen-bond acceptors (Lipinski definition) is 2. The summed E-state index contributed by atoms with van der Waals surface area (Å²) in [5.74, 6) is -0.278. The fraction of sp³-hybridized carbons (Fsp3) is 0. The Kier molecular flexibility index (Phi) is 7.01. The summed E-state index contributed by atoms with van der Waals surface area (Å²) >= 11 is 0. The van der Waals surface area contributed by atoms with Gasteiger partial charge < -0.3 is 14.4 Å². The van der Waals surface area contributed by atoms with E-state index in [9.17, 15) is 4.39 Å². The smallest absolute Gasteiger partial charge is 0.125 e. The van der Waals surface area contributed by atoms with E-state index < -0.39 is 0 Å². The van der Waals surface area contributed by atoms with E-state index in [1.807, 2.05) is 24.3 Å². The van der Waals surface area contributed by atoms with Crippen LogP contribution < -0.4 is 9.80 Å². The second-order valence-corrected chi connectivity index (χ2v) is 11.2. The van der Waals surface area contributed by atoms with Crippen LogP contribution in [-0.4, -0.2) is 4.57 Å². The van der Waals surface area contributed by atoms with Crippen molar-refractivity contribution in [3.05, 3.63) is 188 Å². The fourth-order valence-corrected chi connectivity index (χ4v) is 6.37. The lowest BCUT2D eigenvalue weighted by atomic mass is 10.1. The third-order valence-electron chi connectivity index (χ3n) is 8.39. The molecule has 8 rings (SSSR count). The second kappa shape index (κ2) is 11.8. The number of hydrogen-bond donors (Lipinski definition) is 0. The van der Waals surface area contributed by atoms with Gasteiger partial charge in [-0.3, -0.25) is 0 Å². The first-order chi connectivity index (χ1) is 22.7. The third kappa shape index (κ3) is 4.96. The fourth-order valence-electron chi connectivity index (χ4n) is 6.37. The van der Waals surface area contributed by atoms with Crippen molar-refractivity contribution in [2.75, 3.05) is 9.80 Å². The van der Waals surface area contributed by atoms with Gasteiger partial charge in [0.05, 0.1) is 11.0 Å². The van der Waals surface area contributed by atoms with Gasteiger partial charge >= 0.3 is 0 Å². The summed E-state index contributed by atoms with van der Waals surface area (Å²) in [5, 5.41) is 2.30. The molecule has 0 saturated carbocycles. The summed E-state index contributed by atoms with van der Waals surface area (Å²) in [7, 11) is 0. The highest BCUT2D eigenvalue weighted by atomic mass is 19.1. The molecule has 0 aliphatic rings. The molecule has 0 N–H and O–H groups in total. The molecule has 0 radical (unpaired) electrons. The van der Waals surface area contributed by atoms with Gasteiger partial charge in [0.1, 0.15) is 5.82 Å². The van der Waals surface area contributed by atoms with E-state index in [4.69, 9.17) is 0 Å². The third-order valence-corrected chi connectivity index (χ3v) is 8.39. The molecule has 46 heavy (non-hydrogen) atoms. The minimum Gasteiger partial charge on any atom is -0.311 e. The van der Waals surface area contributed by atoms with Crippen LogP contribution in [0.15, 0.2) is 182 Å². The maximum absolute atomic E-state index is 14.7. The van der Waals surface area contributed by atoms with Crippen LogP contribution in [0.2, 0.25) is 0 Å². The topological polar surface area (TPSA) is 11.4 Å². The Morgan fingerprint density at radius 3 is 1.43 bits per heavy atom. The quantitative estimate of drug-likeness (QED) is 0.182. The van der Waals surface area contributed by atoms with Gasteiger partial charge in [-0.15, -0.1) is 0 Å². The van der Waals surface area contributed by atoms with Crippen molar-refractivity contribution in [3.8, 4) is 5.69 Å². The van der Waals surface area contributed by atoms with Crippen LogP contribution in [-0.2, 0) is 0 Å². The van der Waals surface area contributed by atoms with Gasteiger partial charge in [0.15, 0.2) is 0 Å². The largest absolute Gasteiger partial charge is 0.311 e. The Bertz CT molecular complexity index is 2220. The number of halogens is 1. The van der Waals surface area contributed by atoms with Crippen molar-refractivity contribution < 1.29 is 4.39 Å². The molecule has 0 atom stereocenters. The Morgan fingerprint density at radius 2 is 0.804 bits per heavy atom. The highest BCUT2D eigenvalue weighted by Gasteiger charge is 2.19. The second-order valence-electron chi connectivity index (χ2n) is 11.2. The molecule has 0 bridgehead atoms. The lowest BCUT2D eigenvalue weighted by Gasteiger charge is -2.28. The number of fused-ring (bicyclic) bond motifs is 3. The van der Waals surface area contributed by atoms with Gasteiger partial charge in [0, 0.05) is 50.6 Å². The lowest BCUT2D eigenvalue weighted by molar-refractivity contribution is 0.628. The van der Waals surface area contributed by atoms with Crippen molar-refractivity contribution in [2.45, 2.75) is 0 Å². The minimum absolute atomic E-state index is 0.278. The van der Waals surface area contributed by atoms with Crippen LogP contribution >= 0.6 is 0 Å². The predicted octanol–water partition coefficient (Wildman–Crippen LogP) is 11.9. The highest BCUT2D eigenvalue weighted by Crippen LogP contribution is 2.41. The van der Waals surface area contributed by atoms with E-state index in [-0.39, 0.29) is 5.82 Å². The van der Waals surface area contributed by atoms with Crippen molar-refractivity contribution in [3.63, 3.8) is 0 Å². The van der Waals surface area contributed by atoms with Crippen LogP contribution in [0.1, 0.15) is 0 Å². The molecular formula is C42H30FN3. The Morgan fingerprint density at radius 1 is 0.348 bits per heavy atom. The van der Waals surface area contributed by atoms with E-state index in [2.05, 4.69) is 154 Å². The van der Waals surface area contributed by atoms with Crippen LogP contribution in [0.5, 0.6) is 0 Å². The van der Waals surface area contributed by atoms with Crippen molar-refractivity contribution >= 4 is 55.9 Å². The van der Waals surface area contributed by atoms with Crippen LogP contribution in [0, 0.1) is 5.82 Å². The Labute approximate surface area is 267 Å². The van der Waals surface area contributed by atoms with Crippen LogP contribution in [0.25, 0.3) is 27.5 Å². The summed E-state index contributed by atoms with van der Waals surface area (Å²) in [4.78, 5) is 4.36. The first-order valence-electron chi connectivity index (χ1n) is 15.4. The molecule has 8 aromatic rings. The molecule has 0 spiro atoms. The summed E-state index contributed by atoms with van der Waals surface area (Å²) in [5.41, 5.74) is 9.18. The summed E-state index contributed by atoms with van der Waals surface area (Å²) in [6.07, 6.45) is 0. The molecule has 4 heteroatoms. The summed E-state index contributed by atoms with van der Waals surface area (Å²) in [6.45, 7) is 0. The molecule has 3 nitrogen and oxygen atoms in total. The summed E-state index contributed by atoms with van der Waals surface area (Å²) in [6, 6.07) is 61.4. The summed E-state index contributed by atoms with van der Waals surface area (Å²) < 4.78 is 17.0. The molecule has 0 unspecified atom stereocenters. The lowest BCUT2D eigenvalue weighted by Crippen LogP contribution is -2.12. The molecule has 0 fully saturated rings. The monoisotopic (exact) mass is 595 g/mol. The zero-order valence-electron chi connectivity index (χ0n) is 25.0. The van der Waals surface area contributed by atoms with Crippen molar-refractivity contribution in [1.82, 2.24) is 4.57 Å². The van der Waals surface area contributed by atoms with E-state index in [1.165, 1.54) is 11.5 Å². The molecule has 1 aromatic heterocycles. The number of para-hydroxylation sites is 4. The number of aromatic nitrogens is 1. The standard InChI is InChI=1S/C42H30FN3/c43-31-13-12-20-37(29-31)45(36-25-23-35(24-26-36)44(32-14-4-1-5-15-32)33-16-6-2-7-17-33)38-27-28-42-40(30-38)39-21-10-11-22-41(39)46(42)34-18-8-3-9-19-34/h1-30H. The number of benzene rings is 7. The average molecular weight is 596 g/mol. The average Bonchev–Trinajstić information content (AvgIpc) is 3.44. The first-order valence-corrected chi connectivity index (χ1v) is 15.4. The van der Waals surface area contributed by atoms with E-state index in [0.29, 0.717) is 0 Å². The SMILES string of the molecule is Fc1cccc(N(c2ccc(N(c3ccccc3)c3ccccc3)cc2)c2ccc3c(c2)c2ccccc2n3-c2ccccc2)c1. The zero-order valence-corrected chi connectivity index (χ0v) is 25.0. The van der Waals surface area contributed by atoms with Gasteiger partial charge in [-0.05, 0) is 103 Å². The zero-order chi connectivity index (χ0) is 30.9.